The van der Waals surface area contributed by atoms with Crippen LogP contribution in [0.1, 0.15) is 52.1 Å². The lowest BCUT2D eigenvalue weighted by atomic mass is 10.0. The first kappa shape index (κ1) is 16.8. The molecule has 0 saturated carbocycles. The molecule has 0 aromatic heterocycles. The lowest BCUT2D eigenvalue weighted by Gasteiger charge is -2.28. The van der Waals surface area contributed by atoms with E-state index in [1.807, 2.05) is 19.2 Å². The Morgan fingerprint density at radius 1 is 1.20 bits per heavy atom. The van der Waals surface area contributed by atoms with Gasteiger partial charge in [0.25, 0.3) is 0 Å². The first-order valence-electron chi connectivity index (χ1n) is 7.82. The average Bonchev–Trinajstić information content (AvgIpc) is 2.47. The van der Waals surface area contributed by atoms with Crippen LogP contribution >= 0.6 is 0 Å². The summed E-state index contributed by atoms with van der Waals surface area (Å²) in [6.45, 7) is 10.7. The normalized spacial score (nSPS) is 12.7. The zero-order valence-electron chi connectivity index (χ0n) is 13.6. The highest BCUT2D eigenvalue weighted by atomic mass is 16.3. The van der Waals surface area contributed by atoms with Crippen molar-refractivity contribution in [1.82, 2.24) is 5.32 Å². The first-order valence-corrected chi connectivity index (χ1v) is 7.82. The van der Waals surface area contributed by atoms with Crippen LogP contribution in [-0.2, 0) is 0 Å². The fourth-order valence-electron chi connectivity index (χ4n) is 2.53. The van der Waals surface area contributed by atoms with E-state index >= 15 is 0 Å². The molecule has 1 aromatic carbocycles. The fraction of sp³-hybridized carbons (Fsp3) is 0.647. The highest BCUT2D eigenvalue weighted by Gasteiger charge is 2.14. The van der Waals surface area contributed by atoms with E-state index < -0.39 is 0 Å². The van der Waals surface area contributed by atoms with Crippen molar-refractivity contribution in [2.45, 2.75) is 46.6 Å². The number of hydrogen-bond donors (Lipinski definition) is 2. The molecule has 0 radical (unpaired) electrons. The molecule has 0 amide bonds. The summed E-state index contributed by atoms with van der Waals surface area (Å²) in [6, 6.07) is 6.21. The molecule has 1 aromatic rings. The van der Waals surface area contributed by atoms with Crippen molar-refractivity contribution in [3.8, 4) is 5.75 Å². The van der Waals surface area contributed by atoms with Crippen LogP contribution < -0.4 is 10.2 Å². The standard InChI is InChI=1S/C17H30N2O/c1-6-14(7-2)12-19(8-3)15-9-10-16(13(4)18-5)17(20)11-15/h9-11,13-14,18,20H,6-8,12H2,1-5H3. The summed E-state index contributed by atoms with van der Waals surface area (Å²) in [5.74, 6) is 1.10. The van der Waals surface area contributed by atoms with Crippen LogP contribution in [0.15, 0.2) is 18.2 Å². The third-order valence-corrected chi connectivity index (χ3v) is 4.29. The van der Waals surface area contributed by atoms with E-state index in [1.165, 1.54) is 12.8 Å². The molecule has 1 atom stereocenters. The van der Waals surface area contributed by atoms with E-state index in [0.29, 0.717) is 11.7 Å². The van der Waals surface area contributed by atoms with Gasteiger partial charge in [-0.15, -0.1) is 0 Å². The Morgan fingerprint density at radius 2 is 1.85 bits per heavy atom. The summed E-state index contributed by atoms with van der Waals surface area (Å²) >= 11 is 0. The van der Waals surface area contributed by atoms with Gasteiger partial charge < -0.3 is 15.3 Å². The van der Waals surface area contributed by atoms with E-state index in [2.05, 4.69) is 44.0 Å². The van der Waals surface area contributed by atoms with Crippen molar-refractivity contribution >= 4 is 5.69 Å². The second-order valence-electron chi connectivity index (χ2n) is 5.47. The maximum Gasteiger partial charge on any atom is 0.122 e. The van der Waals surface area contributed by atoms with Crippen LogP contribution in [0.4, 0.5) is 5.69 Å². The van der Waals surface area contributed by atoms with Crippen LogP contribution in [0.5, 0.6) is 5.75 Å². The third kappa shape index (κ3) is 4.14. The molecular formula is C17H30N2O. The fourth-order valence-corrected chi connectivity index (χ4v) is 2.53. The first-order chi connectivity index (χ1) is 9.57. The second kappa shape index (κ2) is 8.15. The maximum absolute atomic E-state index is 10.2. The molecule has 114 valence electrons. The third-order valence-electron chi connectivity index (χ3n) is 4.29. The molecule has 0 heterocycles. The van der Waals surface area contributed by atoms with Gasteiger partial charge in [0.1, 0.15) is 5.75 Å². The number of rotatable bonds is 8. The Hall–Kier alpha value is -1.22. The number of aromatic hydroxyl groups is 1. The predicted molar refractivity (Wildman–Crippen MR) is 87.5 cm³/mol. The predicted octanol–water partition coefficient (Wildman–Crippen LogP) is 3.94. The van der Waals surface area contributed by atoms with Crippen molar-refractivity contribution < 1.29 is 5.11 Å². The molecular weight excluding hydrogens is 248 g/mol. The Labute approximate surface area is 124 Å². The SMILES string of the molecule is CCC(CC)CN(CC)c1ccc(C(C)NC)c(O)c1. The molecule has 0 bridgehead atoms. The zero-order chi connectivity index (χ0) is 15.1. The number of benzene rings is 1. The Balaban J connectivity index is 2.91. The molecule has 3 heteroatoms. The minimum Gasteiger partial charge on any atom is -0.508 e. The van der Waals surface area contributed by atoms with E-state index in [9.17, 15) is 5.11 Å². The van der Waals surface area contributed by atoms with Crippen LogP contribution in [0, 0.1) is 5.92 Å². The van der Waals surface area contributed by atoms with Gasteiger partial charge in [-0.05, 0) is 32.9 Å². The van der Waals surface area contributed by atoms with Crippen LogP contribution in [0.25, 0.3) is 0 Å². The van der Waals surface area contributed by atoms with Crippen molar-refractivity contribution in [3.63, 3.8) is 0 Å². The largest absolute Gasteiger partial charge is 0.508 e. The Kier molecular flexibility index (Phi) is 6.86. The lowest BCUT2D eigenvalue weighted by Crippen LogP contribution is -2.29. The maximum atomic E-state index is 10.2. The summed E-state index contributed by atoms with van der Waals surface area (Å²) < 4.78 is 0. The number of nitrogens with one attached hydrogen (secondary N) is 1. The van der Waals surface area contributed by atoms with Crippen LogP contribution in [0.2, 0.25) is 0 Å². The summed E-state index contributed by atoms with van der Waals surface area (Å²) in [5, 5.41) is 13.4. The Morgan fingerprint density at radius 3 is 2.30 bits per heavy atom. The molecule has 0 aliphatic carbocycles. The number of phenolic OH excluding ortho intramolecular Hbond substituents is 1. The summed E-state index contributed by atoms with van der Waals surface area (Å²) in [5.41, 5.74) is 2.07. The summed E-state index contributed by atoms with van der Waals surface area (Å²) in [7, 11) is 1.91. The highest BCUT2D eigenvalue weighted by Crippen LogP contribution is 2.29. The van der Waals surface area contributed by atoms with Crippen molar-refractivity contribution in [2.75, 3.05) is 25.0 Å². The van der Waals surface area contributed by atoms with Gasteiger partial charge in [-0.1, -0.05) is 32.8 Å². The minimum atomic E-state index is 0.165. The van der Waals surface area contributed by atoms with E-state index in [-0.39, 0.29) is 6.04 Å². The average molecular weight is 278 g/mol. The lowest BCUT2D eigenvalue weighted by molar-refractivity contribution is 0.456. The van der Waals surface area contributed by atoms with Gasteiger partial charge in [0, 0.05) is 36.4 Å². The number of phenols is 1. The molecule has 1 unspecified atom stereocenters. The highest BCUT2D eigenvalue weighted by molar-refractivity contribution is 5.54. The molecule has 0 aliphatic rings. The molecule has 3 nitrogen and oxygen atoms in total. The number of anilines is 1. The van der Waals surface area contributed by atoms with Gasteiger partial charge in [-0.3, -0.25) is 0 Å². The minimum absolute atomic E-state index is 0.165. The molecule has 0 spiro atoms. The molecule has 0 saturated heterocycles. The smallest absolute Gasteiger partial charge is 0.122 e. The van der Waals surface area contributed by atoms with Gasteiger partial charge in [0.2, 0.25) is 0 Å². The van der Waals surface area contributed by atoms with E-state index in [4.69, 9.17) is 0 Å². The zero-order valence-corrected chi connectivity index (χ0v) is 13.6. The van der Waals surface area contributed by atoms with Gasteiger partial charge in [-0.25, -0.2) is 0 Å². The summed E-state index contributed by atoms with van der Waals surface area (Å²) in [4.78, 5) is 2.35. The second-order valence-corrected chi connectivity index (χ2v) is 5.47. The monoisotopic (exact) mass is 278 g/mol. The van der Waals surface area contributed by atoms with E-state index in [1.54, 1.807) is 0 Å². The molecule has 0 aliphatic heterocycles. The van der Waals surface area contributed by atoms with Crippen molar-refractivity contribution in [2.24, 2.45) is 5.92 Å². The molecule has 20 heavy (non-hydrogen) atoms. The van der Waals surface area contributed by atoms with Crippen LogP contribution in [-0.4, -0.2) is 25.2 Å². The van der Waals surface area contributed by atoms with Gasteiger partial charge >= 0.3 is 0 Å². The molecule has 0 fully saturated rings. The molecule has 1 rings (SSSR count). The Bertz CT molecular complexity index is 402. The van der Waals surface area contributed by atoms with Gasteiger partial charge in [0.05, 0.1) is 0 Å². The van der Waals surface area contributed by atoms with Crippen LogP contribution in [0.3, 0.4) is 0 Å². The number of nitrogens with zero attached hydrogens (tertiary/aromatic N) is 1. The van der Waals surface area contributed by atoms with Gasteiger partial charge in [-0.2, -0.15) is 0 Å². The number of hydrogen-bond acceptors (Lipinski definition) is 3. The van der Waals surface area contributed by atoms with Crippen molar-refractivity contribution in [1.29, 1.82) is 0 Å². The quantitative estimate of drug-likeness (QED) is 0.756. The van der Waals surface area contributed by atoms with Crippen molar-refractivity contribution in [3.05, 3.63) is 23.8 Å². The molecule has 2 N–H and O–H groups in total. The van der Waals surface area contributed by atoms with Gasteiger partial charge in [0.15, 0.2) is 0 Å². The van der Waals surface area contributed by atoms with E-state index in [0.717, 1.165) is 24.3 Å². The topological polar surface area (TPSA) is 35.5 Å². The summed E-state index contributed by atoms with van der Waals surface area (Å²) in [6.07, 6.45) is 2.40.